The Hall–Kier alpha value is -2.57. The van der Waals surface area contributed by atoms with Crippen LogP contribution in [0.4, 0.5) is 5.82 Å². The minimum Gasteiger partial charge on any atom is -0.346 e. The summed E-state index contributed by atoms with van der Waals surface area (Å²) >= 11 is 6.12. The van der Waals surface area contributed by atoms with Gasteiger partial charge in [0.25, 0.3) is 0 Å². The van der Waals surface area contributed by atoms with Gasteiger partial charge in [0.2, 0.25) is 15.9 Å². The zero-order valence-corrected chi connectivity index (χ0v) is 20.4. The minimum absolute atomic E-state index is 0.121. The Balaban J connectivity index is 1.84. The van der Waals surface area contributed by atoms with Crippen molar-refractivity contribution in [1.29, 1.82) is 0 Å². The topological polar surface area (TPSA) is 146 Å². The van der Waals surface area contributed by atoms with E-state index in [4.69, 9.17) is 17.3 Å². The van der Waals surface area contributed by atoms with Gasteiger partial charge in [-0.1, -0.05) is 23.7 Å². The van der Waals surface area contributed by atoms with Crippen LogP contribution in [0.3, 0.4) is 0 Å². The largest absolute Gasteiger partial charge is 0.346 e. The van der Waals surface area contributed by atoms with Gasteiger partial charge < -0.3 is 16.0 Å². The Morgan fingerprint density at radius 2 is 1.94 bits per heavy atom. The van der Waals surface area contributed by atoms with Gasteiger partial charge in [-0.2, -0.15) is 0 Å². The molecule has 1 unspecified atom stereocenters. The first-order valence-corrected chi connectivity index (χ1v) is 13.3. The number of aromatic amines is 1. The normalized spacial score (nSPS) is 16.9. The van der Waals surface area contributed by atoms with Crippen molar-refractivity contribution >= 4 is 44.4 Å². The van der Waals surface area contributed by atoms with Crippen LogP contribution < -0.4 is 20.7 Å². The molecule has 12 heteroatoms. The Labute approximate surface area is 203 Å². The Morgan fingerprint density at radius 1 is 1.24 bits per heavy atom. The number of hydrogen-bond acceptors (Lipinski definition) is 7. The van der Waals surface area contributed by atoms with E-state index in [9.17, 15) is 13.2 Å². The van der Waals surface area contributed by atoms with Gasteiger partial charge in [-0.15, -0.1) is 0 Å². The summed E-state index contributed by atoms with van der Waals surface area (Å²) < 4.78 is 26.0. The second-order valence-electron chi connectivity index (χ2n) is 8.54. The van der Waals surface area contributed by atoms with Gasteiger partial charge in [-0.05, 0) is 56.1 Å². The molecule has 4 rings (SSSR count). The lowest BCUT2D eigenvalue weighted by atomic mass is 9.86. The summed E-state index contributed by atoms with van der Waals surface area (Å²) in [5.41, 5.74) is 6.97. The molecule has 0 bridgehead atoms. The van der Waals surface area contributed by atoms with E-state index >= 15 is 0 Å². The summed E-state index contributed by atoms with van der Waals surface area (Å²) in [6.07, 6.45) is 5.47. The molecule has 1 atom stereocenters. The predicted octanol–water partition coefficient (Wildman–Crippen LogP) is 1.71. The van der Waals surface area contributed by atoms with Gasteiger partial charge in [-0.25, -0.2) is 23.1 Å². The molecule has 34 heavy (non-hydrogen) atoms. The zero-order valence-electron chi connectivity index (χ0n) is 18.8. The molecule has 1 amide bonds. The molecule has 5 N–H and O–H groups in total. The molecule has 0 radical (unpaired) electrons. The number of hydrogen-bond donors (Lipinski definition) is 4. The van der Waals surface area contributed by atoms with Crippen LogP contribution in [0.15, 0.2) is 42.9 Å². The number of aromatic nitrogens is 3. The molecule has 3 heterocycles. The van der Waals surface area contributed by atoms with E-state index < -0.39 is 21.6 Å². The lowest BCUT2D eigenvalue weighted by Crippen LogP contribution is -2.60. The molecule has 1 aliphatic rings. The number of nitrogens with one attached hydrogen (secondary N) is 3. The van der Waals surface area contributed by atoms with Crippen LogP contribution >= 0.6 is 11.6 Å². The molecular weight excluding hydrogens is 478 g/mol. The lowest BCUT2D eigenvalue weighted by Gasteiger charge is -2.40. The van der Waals surface area contributed by atoms with Gasteiger partial charge >= 0.3 is 0 Å². The van der Waals surface area contributed by atoms with E-state index in [1.165, 1.54) is 6.33 Å². The second-order valence-corrected chi connectivity index (χ2v) is 10.8. The van der Waals surface area contributed by atoms with E-state index in [0.717, 1.165) is 11.8 Å². The molecule has 0 aliphatic carbocycles. The summed E-state index contributed by atoms with van der Waals surface area (Å²) in [6.45, 7) is 1.37. The summed E-state index contributed by atoms with van der Waals surface area (Å²) in [7, 11) is -3.42. The van der Waals surface area contributed by atoms with Crippen molar-refractivity contribution in [2.75, 3.05) is 30.8 Å². The third-order valence-corrected chi connectivity index (χ3v) is 7.03. The van der Waals surface area contributed by atoms with Gasteiger partial charge in [0, 0.05) is 17.8 Å². The van der Waals surface area contributed by atoms with Gasteiger partial charge in [0.15, 0.2) is 0 Å². The van der Waals surface area contributed by atoms with Crippen molar-refractivity contribution in [3.63, 3.8) is 0 Å². The third-order valence-electron chi connectivity index (χ3n) is 6.05. The Kier molecular flexibility index (Phi) is 7.20. The summed E-state index contributed by atoms with van der Waals surface area (Å²) in [5.74, 6) is 0.147. The first kappa shape index (κ1) is 24.6. The first-order valence-electron chi connectivity index (χ1n) is 11.0. The number of amides is 1. The van der Waals surface area contributed by atoms with Crippen LogP contribution in [-0.2, 0) is 14.8 Å². The number of rotatable bonds is 8. The van der Waals surface area contributed by atoms with Crippen LogP contribution in [0.5, 0.6) is 0 Å². The highest BCUT2D eigenvalue weighted by molar-refractivity contribution is 7.88. The van der Waals surface area contributed by atoms with Crippen LogP contribution in [0.1, 0.15) is 30.9 Å². The van der Waals surface area contributed by atoms with Crippen molar-refractivity contribution in [2.45, 2.75) is 30.8 Å². The molecule has 182 valence electrons. The standard InChI is InChI=1S/C22H28ClN7O3S/c1-34(32,33)29-11-7-18(15-2-4-16(23)5-3-15)30(21(31)22(24)8-12-25-13-9-22)20-17-6-10-26-19(17)27-14-28-20/h2-6,10,14,18,25,29H,7-9,11-13,24H2,1H3,(H,26,27,28). The first-order chi connectivity index (χ1) is 16.2. The van der Waals surface area contributed by atoms with E-state index in [2.05, 4.69) is 25.0 Å². The van der Waals surface area contributed by atoms with Crippen LogP contribution in [0.25, 0.3) is 11.0 Å². The number of sulfonamides is 1. The molecule has 0 spiro atoms. The number of halogens is 1. The number of anilines is 1. The van der Waals surface area contributed by atoms with E-state index in [0.29, 0.717) is 54.2 Å². The molecule has 0 saturated carbocycles. The number of benzene rings is 1. The van der Waals surface area contributed by atoms with Crippen LogP contribution in [-0.4, -0.2) is 60.7 Å². The molecule has 1 aromatic carbocycles. The summed E-state index contributed by atoms with van der Waals surface area (Å²) in [6, 6.07) is 8.40. The highest BCUT2D eigenvalue weighted by Gasteiger charge is 2.42. The maximum absolute atomic E-state index is 14.2. The van der Waals surface area contributed by atoms with E-state index in [-0.39, 0.29) is 12.5 Å². The average Bonchev–Trinajstić information content (AvgIpc) is 3.28. The summed E-state index contributed by atoms with van der Waals surface area (Å²) in [4.78, 5) is 27.6. The maximum atomic E-state index is 14.2. The molecule has 1 aliphatic heterocycles. The maximum Gasteiger partial charge on any atom is 0.248 e. The highest BCUT2D eigenvalue weighted by Crippen LogP contribution is 2.36. The molecular formula is C22H28ClN7O3S. The number of piperidine rings is 1. The molecule has 1 fully saturated rings. The van der Waals surface area contributed by atoms with Gasteiger partial charge in [0.05, 0.1) is 23.2 Å². The number of carbonyl (C=O) groups excluding carboxylic acids is 1. The van der Waals surface area contributed by atoms with E-state index in [1.54, 1.807) is 23.2 Å². The fourth-order valence-electron chi connectivity index (χ4n) is 4.27. The summed E-state index contributed by atoms with van der Waals surface area (Å²) in [5, 5.41) is 4.47. The molecule has 10 nitrogen and oxygen atoms in total. The van der Waals surface area contributed by atoms with Gasteiger partial charge in [0.1, 0.15) is 17.8 Å². The lowest BCUT2D eigenvalue weighted by molar-refractivity contribution is -0.125. The third kappa shape index (κ3) is 5.39. The zero-order chi connectivity index (χ0) is 24.3. The van der Waals surface area contributed by atoms with Crippen molar-refractivity contribution in [3.8, 4) is 0 Å². The minimum atomic E-state index is -3.42. The molecule has 3 aromatic rings. The van der Waals surface area contributed by atoms with Gasteiger partial charge in [-0.3, -0.25) is 9.69 Å². The van der Waals surface area contributed by atoms with Crippen molar-refractivity contribution in [3.05, 3.63) is 53.4 Å². The monoisotopic (exact) mass is 505 g/mol. The van der Waals surface area contributed by atoms with Crippen LogP contribution in [0.2, 0.25) is 5.02 Å². The fourth-order valence-corrected chi connectivity index (χ4v) is 4.89. The molecule has 1 saturated heterocycles. The highest BCUT2D eigenvalue weighted by atomic mass is 35.5. The van der Waals surface area contributed by atoms with Crippen LogP contribution in [0, 0.1) is 0 Å². The average molecular weight is 506 g/mol. The fraction of sp³-hybridized carbons (Fsp3) is 0.409. The van der Waals surface area contributed by atoms with Crippen molar-refractivity contribution in [2.24, 2.45) is 5.73 Å². The smallest absolute Gasteiger partial charge is 0.248 e. The SMILES string of the molecule is CS(=O)(=O)NCCC(c1ccc(Cl)cc1)N(C(=O)C1(N)CCNCC1)c1ncnc2[nH]ccc12. The number of H-pyrrole nitrogens is 1. The van der Waals surface area contributed by atoms with Crippen molar-refractivity contribution < 1.29 is 13.2 Å². The number of carbonyl (C=O) groups is 1. The predicted molar refractivity (Wildman–Crippen MR) is 132 cm³/mol. The Morgan fingerprint density at radius 3 is 2.62 bits per heavy atom. The quantitative estimate of drug-likeness (QED) is 0.364. The molecule has 2 aromatic heterocycles. The Bertz CT molecular complexity index is 1260. The second kappa shape index (κ2) is 9.96. The van der Waals surface area contributed by atoms with Crippen molar-refractivity contribution in [1.82, 2.24) is 25.0 Å². The number of nitrogens with two attached hydrogens (primary N) is 1. The van der Waals surface area contributed by atoms with E-state index in [1.807, 2.05) is 18.2 Å². The number of fused-ring (bicyclic) bond motifs is 1. The number of nitrogens with zero attached hydrogens (tertiary/aromatic N) is 3.